The predicted molar refractivity (Wildman–Crippen MR) is 66.2 cm³/mol. The molecule has 0 aliphatic rings. The van der Waals surface area contributed by atoms with E-state index in [1.54, 1.807) is 0 Å². The smallest absolute Gasteiger partial charge is 0.384 e. The molecular weight excluding hydrogens is 313 g/mol. The SMILES string of the molecule is Nc1cc(C(=O)NCc2nc(C(F)(F)F)n[nH]2)cc(Cl)n1. The van der Waals surface area contributed by atoms with Gasteiger partial charge in [0.25, 0.3) is 11.7 Å². The second kappa shape index (κ2) is 5.56. The molecule has 2 aromatic heterocycles. The van der Waals surface area contributed by atoms with Gasteiger partial charge >= 0.3 is 6.18 Å². The summed E-state index contributed by atoms with van der Waals surface area (Å²) in [6, 6.07) is 2.55. The van der Waals surface area contributed by atoms with Crippen molar-refractivity contribution >= 4 is 23.3 Å². The van der Waals surface area contributed by atoms with Crippen molar-refractivity contribution in [3.8, 4) is 0 Å². The van der Waals surface area contributed by atoms with Gasteiger partial charge in [0.2, 0.25) is 0 Å². The van der Waals surface area contributed by atoms with E-state index in [4.69, 9.17) is 17.3 Å². The first-order valence-corrected chi connectivity index (χ1v) is 5.83. The fraction of sp³-hybridized carbons (Fsp3) is 0.200. The Hall–Kier alpha value is -2.36. The first-order chi connectivity index (χ1) is 9.75. The topological polar surface area (TPSA) is 110 Å². The fourth-order valence-electron chi connectivity index (χ4n) is 1.42. The number of nitrogens with zero attached hydrogens (tertiary/aromatic N) is 3. The lowest BCUT2D eigenvalue weighted by Gasteiger charge is -2.04. The van der Waals surface area contributed by atoms with E-state index in [0.29, 0.717) is 0 Å². The Morgan fingerprint density at radius 3 is 2.67 bits per heavy atom. The molecule has 0 saturated heterocycles. The van der Waals surface area contributed by atoms with Crippen LogP contribution in [0.2, 0.25) is 5.15 Å². The molecule has 0 aliphatic carbocycles. The summed E-state index contributed by atoms with van der Waals surface area (Å²) in [6.45, 7) is -0.262. The number of nitrogens with two attached hydrogens (primary N) is 1. The van der Waals surface area contributed by atoms with Crippen molar-refractivity contribution in [2.24, 2.45) is 0 Å². The highest BCUT2D eigenvalue weighted by Crippen LogP contribution is 2.25. The Kier molecular flexibility index (Phi) is 3.98. The van der Waals surface area contributed by atoms with Crippen LogP contribution in [0.3, 0.4) is 0 Å². The number of hydrogen-bond donors (Lipinski definition) is 3. The predicted octanol–water partition coefficient (Wildman–Crippen LogP) is 1.38. The summed E-state index contributed by atoms with van der Waals surface area (Å²) in [5.41, 5.74) is 5.55. The lowest BCUT2D eigenvalue weighted by atomic mass is 10.2. The number of pyridine rings is 1. The highest BCUT2D eigenvalue weighted by molar-refractivity contribution is 6.29. The third-order valence-electron chi connectivity index (χ3n) is 2.28. The lowest BCUT2D eigenvalue weighted by Crippen LogP contribution is -2.23. The van der Waals surface area contributed by atoms with Crippen LogP contribution in [-0.4, -0.2) is 26.1 Å². The number of nitrogen functional groups attached to an aromatic ring is 1. The van der Waals surface area contributed by atoms with Crippen molar-refractivity contribution in [2.45, 2.75) is 12.7 Å². The van der Waals surface area contributed by atoms with Gasteiger partial charge in [-0.2, -0.15) is 13.2 Å². The molecule has 0 bridgehead atoms. The lowest BCUT2D eigenvalue weighted by molar-refractivity contribution is -0.144. The number of anilines is 1. The van der Waals surface area contributed by atoms with Crippen LogP contribution in [0.15, 0.2) is 12.1 Å². The van der Waals surface area contributed by atoms with Gasteiger partial charge in [0.05, 0.1) is 6.54 Å². The van der Waals surface area contributed by atoms with Crippen LogP contribution in [-0.2, 0) is 12.7 Å². The zero-order valence-electron chi connectivity index (χ0n) is 10.2. The number of aromatic nitrogens is 4. The molecule has 0 radical (unpaired) electrons. The number of aromatic amines is 1. The Balaban J connectivity index is 2.02. The van der Waals surface area contributed by atoms with Gasteiger partial charge in [-0.3, -0.25) is 9.89 Å². The molecule has 0 aromatic carbocycles. The minimum Gasteiger partial charge on any atom is -0.384 e. The van der Waals surface area contributed by atoms with Crippen molar-refractivity contribution in [3.63, 3.8) is 0 Å². The highest BCUT2D eigenvalue weighted by Gasteiger charge is 2.35. The van der Waals surface area contributed by atoms with E-state index in [0.717, 1.165) is 0 Å². The molecule has 7 nitrogen and oxygen atoms in total. The minimum absolute atomic E-state index is 0.0270. The van der Waals surface area contributed by atoms with E-state index in [9.17, 15) is 18.0 Å². The maximum atomic E-state index is 12.3. The van der Waals surface area contributed by atoms with Gasteiger partial charge in [0.15, 0.2) is 0 Å². The van der Waals surface area contributed by atoms with Crippen LogP contribution < -0.4 is 11.1 Å². The molecule has 0 aliphatic heterocycles. The average molecular weight is 321 g/mol. The molecule has 11 heteroatoms. The largest absolute Gasteiger partial charge is 0.453 e. The molecule has 0 saturated carbocycles. The molecule has 2 heterocycles. The molecule has 112 valence electrons. The number of nitrogens with one attached hydrogen (secondary N) is 2. The molecule has 21 heavy (non-hydrogen) atoms. The van der Waals surface area contributed by atoms with Crippen LogP contribution in [0.5, 0.6) is 0 Å². The van der Waals surface area contributed by atoms with Crippen LogP contribution in [0, 0.1) is 0 Å². The van der Waals surface area contributed by atoms with E-state index < -0.39 is 17.9 Å². The van der Waals surface area contributed by atoms with E-state index >= 15 is 0 Å². The van der Waals surface area contributed by atoms with E-state index in [-0.39, 0.29) is 28.9 Å². The Bertz CT molecular complexity index is 651. The molecule has 1 amide bonds. The van der Waals surface area contributed by atoms with Crippen molar-refractivity contribution in [3.05, 3.63) is 34.5 Å². The van der Waals surface area contributed by atoms with Gasteiger partial charge in [-0.1, -0.05) is 11.6 Å². The van der Waals surface area contributed by atoms with Crippen LogP contribution in [0.1, 0.15) is 22.0 Å². The summed E-state index contributed by atoms with van der Waals surface area (Å²) in [5.74, 6) is -1.98. The molecule has 0 atom stereocenters. The zero-order valence-corrected chi connectivity index (χ0v) is 11.0. The van der Waals surface area contributed by atoms with Crippen LogP contribution in [0.4, 0.5) is 19.0 Å². The molecule has 0 unspecified atom stereocenters. The minimum atomic E-state index is -4.65. The summed E-state index contributed by atoms with van der Waals surface area (Å²) in [4.78, 5) is 18.7. The highest BCUT2D eigenvalue weighted by atomic mass is 35.5. The number of hydrogen-bond acceptors (Lipinski definition) is 5. The summed E-state index contributed by atoms with van der Waals surface area (Å²) < 4.78 is 36.9. The monoisotopic (exact) mass is 320 g/mol. The van der Waals surface area contributed by atoms with Crippen LogP contribution >= 0.6 is 11.6 Å². The molecule has 2 rings (SSSR count). The van der Waals surface area contributed by atoms with Crippen molar-refractivity contribution in [1.29, 1.82) is 0 Å². The van der Waals surface area contributed by atoms with Crippen LogP contribution in [0.25, 0.3) is 0 Å². The van der Waals surface area contributed by atoms with E-state index in [1.807, 2.05) is 0 Å². The second-order valence-electron chi connectivity index (χ2n) is 3.89. The molecule has 2 aromatic rings. The first kappa shape index (κ1) is 15.0. The molecule has 0 fully saturated rings. The molecular formula is C10H8ClF3N6O. The quantitative estimate of drug-likeness (QED) is 0.740. The number of carbonyl (C=O) groups is 1. The van der Waals surface area contributed by atoms with Gasteiger partial charge in [-0.05, 0) is 12.1 Å². The average Bonchev–Trinajstić information content (AvgIpc) is 2.83. The zero-order chi connectivity index (χ0) is 15.6. The summed E-state index contributed by atoms with van der Waals surface area (Å²) in [7, 11) is 0. The van der Waals surface area contributed by atoms with Gasteiger partial charge < -0.3 is 11.1 Å². The Labute approximate surface area is 120 Å². The number of halogens is 4. The van der Waals surface area contributed by atoms with E-state index in [1.165, 1.54) is 12.1 Å². The number of amides is 1. The Morgan fingerprint density at radius 1 is 1.38 bits per heavy atom. The van der Waals surface area contributed by atoms with E-state index in [2.05, 4.69) is 25.5 Å². The van der Waals surface area contributed by atoms with Gasteiger partial charge in [0.1, 0.15) is 16.8 Å². The number of carbonyl (C=O) groups excluding carboxylic acids is 1. The summed E-state index contributed by atoms with van der Waals surface area (Å²) >= 11 is 5.64. The maximum absolute atomic E-state index is 12.3. The normalized spacial score (nSPS) is 11.4. The Morgan fingerprint density at radius 2 is 2.10 bits per heavy atom. The third-order valence-corrected chi connectivity index (χ3v) is 2.47. The number of rotatable bonds is 3. The van der Waals surface area contributed by atoms with Gasteiger partial charge in [-0.15, -0.1) is 5.10 Å². The van der Waals surface area contributed by atoms with Crippen molar-refractivity contribution < 1.29 is 18.0 Å². The second-order valence-corrected chi connectivity index (χ2v) is 4.28. The summed E-state index contributed by atoms with van der Waals surface area (Å²) in [5, 5.41) is 7.47. The standard InChI is InChI=1S/C10H8ClF3N6O/c11-5-1-4(2-6(15)17-5)8(21)16-3-7-18-9(20-19-7)10(12,13)14/h1-2H,3H2,(H2,15,17)(H,16,21)(H,18,19,20). The maximum Gasteiger partial charge on any atom is 0.453 e. The number of H-pyrrole nitrogens is 1. The van der Waals surface area contributed by atoms with Crippen molar-refractivity contribution in [2.75, 3.05) is 5.73 Å². The molecule has 4 N–H and O–H groups in total. The van der Waals surface area contributed by atoms with Gasteiger partial charge in [0, 0.05) is 5.56 Å². The number of alkyl halides is 3. The molecule has 0 spiro atoms. The van der Waals surface area contributed by atoms with Gasteiger partial charge in [-0.25, -0.2) is 9.97 Å². The first-order valence-electron chi connectivity index (χ1n) is 5.45. The fourth-order valence-corrected chi connectivity index (χ4v) is 1.63. The van der Waals surface area contributed by atoms with Crippen molar-refractivity contribution in [1.82, 2.24) is 25.5 Å². The third kappa shape index (κ3) is 3.81. The summed E-state index contributed by atoms with van der Waals surface area (Å²) in [6.07, 6.45) is -4.65.